The number of halogens is 2. The standard InChI is InChI=1S/C15H17.C6H6N.2ClH.Ti/c1-4-13-7-5-6-8-15(13)14-10-9-11(2)12(14)3;7-6-4-2-1-3-5-6;;;/h4-9H,10H2,1-3H3;1-5,7H;2*1H;/q2*-1;;;+2. The fourth-order valence-electron chi connectivity index (χ4n) is 2.57. The average Bonchev–Trinajstić information content (AvgIpc) is 2.88. The van der Waals surface area contributed by atoms with E-state index in [-0.39, 0.29) is 46.5 Å². The molecule has 2 aromatic carbocycles. The van der Waals surface area contributed by atoms with Crippen molar-refractivity contribution in [3.63, 3.8) is 0 Å². The van der Waals surface area contributed by atoms with Gasteiger partial charge in [0.2, 0.25) is 0 Å². The molecule has 0 saturated heterocycles. The summed E-state index contributed by atoms with van der Waals surface area (Å²) < 4.78 is 0. The third-order valence-corrected chi connectivity index (χ3v) is 4.03. The molecular weight excluding hydrogens is 385 g/mol. The first-order chi connectivity index (χ1) is 10.6. The van der Waals surface area contributed by atoms with E-state index in [0.29, 0.717) is 5.69 Å². The zero-order valence-electron chi connectivity index (χ0n) is 14.9. The Bertz CT molecular complexity index is 694. The summed E-state index contributed by atoms with van der Waals surface area (Å²) in [4.78, 5) is 0. The molecule has 0 aliphatic heterocycles. The van der Waals surface area contributed by atoms with Gasteiger partial charge in [0, 0.05) is 0 Å². The molecule has 25 heavy (non-hydrogen) atoms. The first-order valence-corrected chi connectivity index (χ1v) is 7.65. The number of allylic oxidation sites excluding steroid dienone is 4. The van der Waals surface area contributed by atoms with Crippen LogP contribution in [0, 0.1) is 6.42 Å². The summed E-state index contributed by atoms with van der Waals surface area (Å²) in [5, 5.41) is 0. The maximum absolute atomic E-state index is 7.00. The van der Waals surface area contributed by atoms with Crippen molar-refractivity contribution in [3.05, 3.63) is 95.1 Å². The van der Waals surface area contributed by atoms with Crippen LogP contribution in [0.25, 0.3) is 11.3 Å². The molecule has 4 heteroatoms. The predicted octanol–water partition coefficient (Wildman–Crippen LogP) is 7.59. The van der Waals surface area contributed by atoms with Crippen LogP contribution in [-0.2, 0) is 21.7 Å². The smallest absolute Gasteiger partial charge is 0.699 e. The van der Waals surface area contributed by atoms with Gasteiger partial charge < -0.3 is 5.73 Å². The Morgan fingerprint density at radius 1 is 0.880 bits per heavy atom. The van der Waals surface area contributed by atoms with Gasteiger partial charge in [-0.25, -0.2) is 0 Å². The third kappa shape index (κ3) is 7.34. The SMILES string of the molecule is C[CH-]c1ccccc1C1=C(C)C(C)=CC1.Cl.Cl.[NH-]c1ccccc1.[Ti+2]. The summed E-state index contributed by atoms with van der Waals surface area (Å²) in [6.07, 6.45) is 5.59. The minimum Gasteiger partial charge on any atom is -0.699 e. The molecule has 0 heterocycles. The predicted molar refractivity (Wildman–Crippen MR) is 111 cm³/mol. The van der Waals surface area contributed by atoms with Gasteiger partial charge in [-0.1, -0.05) is 66.1 Å². The van der Waals surface area contributed by atoms with Crippen LogP contribution in [-0.4, -0.2) is 0 Å². The minimum atomic E-state index is 0. The molecule has 0 bridgehead atoms. The van der Waals surface area contributed by atoms with Gasteiger partial charge >= 0.3 is 21.7 Å². The van der Waals surface area contributed by atoms with Gasteiger partial charge in [0.1, 0.15) is 0 Å². The van der Waals surface area contributed by atoms with Crippen LogP contribution in [0.15, 0.2) is 71.8 Å². The summed E-state index contributed by atoms with van der Waals surface area (Å²) in [5.41, 5.74) is 14.7. The maximum Gasteiger partial charge on any atom is 2.00 e. The maximum atomic E-state index is 7.00. The van der Waals surface area contributed by atoms with Crippen molar-refractivity contribution < 1.29 is 21.7 Å². The molecule has 3 rings (SSSR count). The van der Waals surface area contributed by atoms with E-state index in [9.17, 15) is 0 Å². The molecular formula is C21H25Cl2NTi. The van der Waals surface area contributed by atoms with Crippen LogP contribution < -0.4 is 0 Å². The Balaban J connectivity index is 0. The van der Waals surface area contributed by atoms with Crippen molar-refractivity contribution in [1.82, 2.24) is 0 Å². The molecule has 0 saturated carbocycles. The van der Waals surface area contributed by atoms with E-state index in [1.54, 1.807) is 12.1 Å². The summed E-state index contributed by atoms with van der Waals surface area (Å²) in [7, 11) is 0. The molecule has 0 spiro atoms. The first kappa shape index (κ1) is 26.1. The molecule has 2 aromatic rings. The molecule has 1 nitrogen and oxygen atoms in total. The second-order valence-corrected chi connectivity index (χ2v) is 5.44. The van der Waals surface area contributed by atoms with Gasteiger partial charge in [-0.3, -0.25) is 0 Å². The Morgan fingerprint density at radius 3 is 1.88 bits per heavy atom. The fourth-order valence-corrected chi connectivity index (χ4v) is 2.57. The van der Waals surface area contributed by atoms with Crippen LogP contribution in [0.3, 0.4) is 0 Å². The molecule has 0 unspecified atom stereocenters. The Kier molecular flexibility index (Phi) is 13.7. The Labute approximate surface area is 179 Å². The van der Waals surface area contributed by atoms with Gasteiger partial charge in [0.05, 0.1) is 0 Å². The van der Waals surface area contributed by atoms with Gasteiger partial charge in [-0.15, -0.1) is 48.2 Å². The number of hydrogen-bond donors (Lipinski definition) is 0. The second-order valence-electron chi connectivity index (χ2n) is 5.44. The molecule has 1 aliphatic carbocycles. The third-order valence-electron chi connectivity index (χ3n) is 4.03. The summed E-state index contributed by atoms with van der Waals surface area (Å²) in [6.45, 7) is 6.52. The number of nitrogens with one attached hydrogen (secondary N) is 1. The molecule has 0 fully saturated rings. The molecule has 132 valence electrons. The van der Waals surface area contributed by atoms with Gasteiger partial charge in [-0.05, 0) is 20.3 Å². The van der Waals surface area contributed by atoms with Crippen molar-refractivity contribution >= 4 is 36.1 Å². The van der Waals surface area contributed by atoms with Crippen LogP contribution in [0.2, 0.25) is 0 Å². The van der Waals surface area contributed by atoms with E-state index in [0.717, 1.165) is 6.42 Å². The number of hydrogen-bond acceptors (Lipinski definition) is 0. The van der Waals surface area contributed by atoms with Gasteiger partial charge in [0.25, 0.3) is 0 Å². The number of rotatable bonds is 2. The average molecular weight is 410 g/mol. The van der Waals surface area contributed by atoms with Crippen molar-refractivity contribution in [2.75, 3.05) is 0 Å². The zero-order chi connectivity index (χ0) is 15.9. The molecule has 1 N–H and O–H groups in total. The van der Waals surface area contributed by atoms with Crippen molar-refractivity contribution in [2.45, 2.75) is 27.2 Å². The number of benzene rings is 2. The van der Waals surface area contributed by atoms with Crippen molar-refractivity contribution in [1.29, 1.82) is 0 Å². The quantitative estimate of drug-likeness (QED) is 0.360. The van der Waals surface area contributed by atoms with Crippen molar-refractivity contribution in [3.8, 4) is 0 Å². The fraction of sp³-hybridized carbons (Fsp3) is 0.190. The molecule has 0 aromatic heterocycles. The Morgan fingerprint density at radius 2 is 1.44 bits per heavy atom. The van der Waals surface area contributed by atoms with Crippen LogP contribution >= 0.6 is 24.8 Å². The van der Waals surface area contributed by atoms with E-state index in [4.69, 9.17) is 5.73 Å². The second kappa shape index (κ2) is 13.1. The van der Waals surface area contributed by atoms with E-state index in [2.05, 4.69) is 57.5 Å². The molecule has 0 amide bonds. The Hall–Kier alpha value is -1.12. The molecule has 0 radical (unpaired) electrons. The zero-order valence-corrected chi connectivity index (χ0v) is 18.1. The first-order valence-electron chi connectivity index (χ1n) is 7.65. The minimum absolute atomic E-state index is 0. The molecule has 0 atom stereocenters. The summed E-state index contributed by atoms with van der Waals surface area (Å²) in [6, 6.07) is 17.7. The molecule has 1 aliphatic rings. The largest absolute Gasteiger partial charge is 2.00 e. The van der Waals surface area contributed by atoms with Gasteiger partial charge in [-0.2, -0.15) is 18.1 Å². The van der Waals surface area contributed by atoms with Crippen LogP contribution in [0.4, 0.5) is 5.69 Å². The normalized spacial score (nSPS) is 11.7. The van der Waals surface area contributed by atoms with E-state index >= 15 is 0 Å². The van der Waals surface area contributed by atoms with Crippen LogP contribution in [0.5, 0.6) is 0 Å². The monoisotopic (exact) mass is 409 g/mol. The van der Waals surface area contributed by atoms with Gasteiger partial charge in [0.15, 0.2) is 0 Å². The van der Waals surface area contributed by atoms with E-state index in [1.807, 2.05) is 18.2 Å². The van der Waals surface area contributed by atoms with Crippen LogP contribution in [0.1, 0.15) is 38.3 Å². The topological polar surface area (TPSA) is 23.8 Å². The summed E-state index contributed by atoms with van der Waals surface area (Å²) >= 11 is 0. The van der Waals surface area contributed by atoms with E-state index in [1.165, 1.54) is 27.8 Å². The van der Waals surface area contributed by atoms with Crippen molar-refractivity contribution in [2.24, 2.45) is 0 Å². The summed E-state index contributed by atoms with van der Waals surface area (Å²) in [5.74, 6) is 0. The van der Waals surface area contributed by atoms with E-state index < -0.39 is 0 Å².